The van der Waals surface area contributed by atoms with Crippen LogP contribution in [0.15, 0.2) is 59.0 Å². The van der Waals surface area contributed by atoms with E-state index in [1.54, 1.807) is 51.5 Å². The van der Waals surface area contributed by atoms with Crippen molar-refractivity contribution >= 4 is 22.8 Å². The Morgan fingerprint density at radius 1 is 1.04 bits per heavy atom. The number of benzene rings is 2. The molecular formula is C21H21NO5. The Balaban J connectivity index is 1.98. The number of para-hydroxylation sites is 1. The fourth-order valence-electron chi connectivity index (χ4n) is 2.84. The Morgan fingerprint density at radius 3 is 2.37 bits per heavy atom. The second-order valence-corrected chi connectivity index (χ2v) is 6.27. The molecule has 1 aromatic heterocycles. The van der Waals surface area contributed by atoms with Gasteiger partial charge in [0.2, 0.25) is 11.9 Å². The molecule has 0 saturated carbocycles. The van der Waals surface area contributed by atoms with Gasteiger partial charge in [-0.1, -0.05) is 48.5 Å². The van der Waals surface area contributed by atoms with Crippen molar-refractivity contribution in [3.8, 4) is 0 Å². The molecule has 0 fully saturated rings. The highest BCUT2D eigenvalue weighted by atomic mass is 16.6. The number of fused-ring (bicyclic) bond motifs is 1. The number of ether oxygens (including phenoxy) is 2. The smallest absolute Gasteiger partial charge is 0.375 e. The molecule has 3 aromatic rings. The summed E-state index contributed by atoms with van der Waals surface area (Å²) in [4.78, 5) is 26.9. The first-order valence-electron chi connectivity index (χ1n) is 8.49. The molecule has 0 aliphatic carbocycles. The number of esters is 1. The number of hydrogen-bond acceptors (Lipinski definition) is 5. The van der Waals surface area contributed by atoms with Gasteiger partial charge in [-0.15, -0.1) is 0 Å². The molecule has 0 N–H and O–H groups in total. The van der Waals surface area contributed by atoms with Gasteiger partial charge in [-0.05, 0) is 6.07 Å². The van der Waals surface area contributed by atoms with Crippen LogP contribution in [0.25, 0.3) is 11.0 Å². The molecule has 1 amide bonds. The average molecular weight is 367 g/mol. The summed E-state index contributed by atoms with van der Waals surface area (Å²) in [6.45, 7) is 0.194. The van der Waals surface area contributed by atoms with Crippen LogP contribution in [0.4, 0.5) is 0 Å². The van der Waals surface area contributed by atoms with Gasteiger partial charge >= 0.3 is 5.97 Å². The molecule has 1 heterocycles. The number of amides is 1. The minimum absolute atomic E-state index is 0.0468. The van der Waals surface area contributed by atoms with Crippen molar-refractivity contribution in [2.45, 2.75) is 12.7 Å². The summed E-state index contributed by atoms with van der Waals surface area (Å²) in [6, 6.07) is 16.2. The zero-order valence-corrected chi connectivity index (χ0v) is 15.5. The molecule has 3 rings (SSSR count). The monoisotopic (exact) mass is 367 g/mol. The third-order valence-electron chi connectivity index (χ3n) is 4.16. The third kappa shape index (κ3) is 3.85. The number of carbonyl (C=O) groups excluding carboxylic acids is 2. The van der Waals surface area contributed by atoms with Crippen molar-refractivity contribution in [1.29, 1.82) is 0 Å². The van der Waals surface area contributed by atoms with Crippen LogP contribution in [0.3, 0.4) is 0 Å². The predicted octanol–water partition coefficient (Wildman–Crippen LogP) is 3.57. The molecule has 140 valence electrons. The van der Waals surface area contributed by atoms with Gasteiger partial charge in [0.25, 0.3) is 5.91 Å². The van der Waals surface area contributed by atoms with Crippen LogP contribution < -0.4 is 0 Å². The van der Waals surface area contributed by atoms with Crippen molar-refractivity contribution in [3.63, 3.8) is 0 Å². The van der Waals surface area contributed by atoms with E-state index in [-0.39, 0.29) is 18.3 Å². The van der Waals surface area contributed by atoms with E-state index in [9.17, 15) is 9.59 Å². The SMILES string of the molecule is COCc1c(C(=O)O[C@H](C(=O)N(C)C)c2ccccc2)oc2ccccc12. The standard InChI is InChI=1S/C21H21NO5/c1-22(2)20(23)18(14-9-5-4-6-10-14)27-21(24)19-16(13-25-3)15-11-7-8-12-17(15)26-19/h4-12,18H,13H2,1-3H3/t18-/m0/s1. The van der Waals surface area contributed by atoms with Gasteiger partial charge in [0.15, 0.2) is 0 Å². The number of rotatable bonds is 6. The lowest BCUT2D eigenvalue weighted by Gasteiger charge is -2.21. The number of likely N-dealkylation sites (N-methyl/N-ethyl adjacent to an activating group) is 1. The highest BCUT2D eigenvalue weighted by Crippen LogP contribution is 2.29. The van der Waals surface area contributed by atoms with Gasteiger partial charge < -0.3 is 18.8 Å². The summed E-state index contributed by atoms with van der Waals surface area (Å²) in [6.07, 6.45) is -1.06. The molecule has 0 radical (unpaired) electrons. The Morgan fingerprint density at radius 2 is 1.70 bits per heavy atom. The molecular weight excluding hydrogens is 346 g/mol. The second kappa shape index (κ2) is 8.05. The molecule has 6 heteroatoms. The van der Waals surface area contributed by atoms with Gasteiger partial charge in [0.05, 0.1) is 6.61 Å². The van der Waals surface area contributed by atoms with Crippen molar-refractivity contribution in [1.82, 2.24) is 4.90 Å². The lowest BCUT2D eigenvalue weighted by molar-refractivity contribution is -0.138. The third-order valence-corrected chi connectivity index (χ3v) is 4.16. The average Bonchev–Trinajstić information content (AvgIpc) is 3.05. The van der Waals surface area contributed by atoms with Crippen LogP contribution in [-0.2, 0) is 20.9 Å². The number of furan rings is 1. The Hall–Kier alpha value is -3.12. The van der Waals surface area contributed by atoms with E-state index in [1.807, 2.05) is 24.3 Å². The van der Waals surface area contributed by atoms with Gasteiger partial charge in [-0.3, -0.25) is 4.79 Å². The first-order valence-corrected chi connectivity index (χ1v) is 8.49. The molecule has 1 atom stereocenters. The fourth-order valence-corrected chi connectivity index (χ4v) is 2.84. The maximum Gasteiger partial charge on any atom is 0.375 e. The Kier molecular flexibility index (Phi) is 5.57. The van der Waals surface area contributed by atoms with Crippen LogP contribution in [-0.4, -0.2) is 38.0 Å². The fraction of sp³-hybridized carbons (Fsp3) is 0.238. The maximum atomic E-state index is 12.9. The van der Waals surface area contributed by atoms with Crippen molar-refractivity contribution in [3.05, 3.63) is 71.5 Å². The second-order valence-electron chi connectivity index (χ2n) is 6.27. The van der Waals surface area contributed by atoms with E-state index >= 15 is 0 Å². The normalized spacial score (nSPS) is 12.0. The minimum Gasteiger partial charge on any atom is -0.449 e. The van der Waals surface area contributed by atoms with Crippen LogP contribution in [0, 0.1) is 0 Å². The summed E-state index contributed by atoms with van der Waals surface area (Å²) >= 11 is 0. The first-order chi connectivity index (χ1) is 13.0. The minimum atomic E-state index is -1.06. The molecule has 27 heavy (non-hydrogen) atoms. The molecule has 0 aliphatic rings. The molecule has 2 aromatic carbocycles. The van der Waals surface area contributed by atoms with E-state index in [4.69, 9.17) is 13.9 Å². The zero-order chi connectivity index (χ0) is 19.4. The van der Waals surface area contributed by atoms with E-state index in [0.29, 0.717) is 16.7 Å². The largest absolute Gasteiger partial charge is 0.449 e. The van der Waals surface area contributed by atoms with Gasteiger partial charge in [0, 0.05) is 37.7 Å². The number of carbonyl (C=O) groups is 2. The molecule has 0 unspecified atom stereocenters. The molecule has 0 bridgehead atoms. The van der Waals surface area contributed by atoms with Gasteiger partial charge in [-0.25, -0.2) is 4.79 Å². The quantitative estimate of drug-likeness (QED) is 0.623. The first kappa shape index (κ1) is 18.7. The van der Waals surface area contributed by atoms with Crippen molar-refractivity contribution in [2.24, 2.45) is 0 Å². The summed E-state index contributed by atoms with van der Waals surface area (Å²) in [7, 11) is 4.77. The Bertz CT molecular complexity index is 946. The van der Waals surface area contributed by atoms with E-state index in [2.05, 4.69) is 0 Å². The van der Waals surface area contributed by atoms with E-state index < -0.39 is 12.1 Å². The number of nitrogens with zero attached hydrogens (tertiary/aromatic N) is 1. The van der Waals surface area contributed by atoms with Gasteiger partial charge in [0.1, 0.15) is 5.58 Å². The van der Waals surface area contributed by atoms with E-state index in [1.165, 1.54) is 4.90 Å². The zero-order valence-electron chi connectivity index (χ0n) is 15.5. The number of hydrogen-bond donors (Lipinski definition) is 0. The summed E-state index contributed by atoms with van der Waals surface area (Å²) < 4.78 is 16.5. The number of methoxy groups -OCH3 is 1. The van der Waals surface area contributed by atoms with E-state index in [0.717, 1.165) is 5.39 Å². The summed E-state index contributed by atoms with van der Waals surface area (Å²) in [5, 5.41) is 0.779. The van der Waals surface area contributed by atoms with Crippen LogP contribution in [0.1, 0.15) is 27.8 Å². The van der Waals surface area contributed by atoms with Crippen LogP contribution >= 0.6 is 0 Å². The van der Waals surface area contributed by atoms with Gasteiger partial charge in [-0.2, -0.15) is 0 Å². The topological polar surface area (TPSA) is 69.0 Å². The summed E-state index contributed by atoms with van der Waals surface area (Å²) in [5.74, 6) is -0.994. The highest BCUT2D eigenvalue weighted by Gasteiger charge is 2.30. The molecule has 0 aliphatic heterocycles. The van der Waals surface area contributed by atoms with Crippen LogP contribution in [0.2, 0.25) is 0 Å². The molecule has 6 nitrogen and oxygen atoms in total. The maximum absolute atomic E-state index is 12.9. The van der Waals surface area contributed by atoms with Crippen molar-refractivity contribution < 1.29 is 23.5 Å². The predicted molar refractivity (Wildman–Crippen MR) is 100 cm³/mol. The lowest BCUT2D eigenvalue weighted by Crippen LogP contribution is -2.31. The lowest BCUT2D eigenvalue weighted by atomic mass is 10.1. The Labute approximate surface area is 157 Å². The molecule has 0 spiro atoms. The summed E-state index contributed by atoms with van der Waals surface area (Å²) in [5.41, 5.74) is 1.75. The van der Waals surface area contributed by atoms with Crippen LogP contribution in [0.5, 0.6) is 0 Å². The van der Waals surface area contributed by atoms with Crippen molar-refractivity contribution in [2.75, 3.05) is 21.2 Å². The highest BCUT2D eigenvalue weighted by molar-refractivity contribution is 5.97. The molecule has 0 saturated heterocycles.